The molecule has 0 spiro atoms. The first-order valence-electron chi connectivity index (χ1n) is 26.3. The Kier molecular flexibility index (Phi) is 26.5. The summed E-state index contributed by atoms with van der Waals surface area (Å²) < 4.78 is 80.0. The van der Waals surface area contributed by atoms with E-state index < -0.39 is 56.9 Å². The predicted molar refractivity (Wildman–Crippen MR) is 310 cm³/mol. The van der Waals surface area contributed by atoms with E-state index in [0.29, 0.717) is 46.3 Å². The normalized spacial score (nSPS) is 15.8. The van der Waals surface area contributed by atoms with Crippen molar-refractivity contribution in [2.24, 2.45) is 0 Å². The van der Waals surface area contributed by atoms with Gasteiger partial charge in [-0.25, -0.2) is 26.3 Å². The fourth-order valence-corrected chi connectivity index (χ4v) is 12.8. The first-order valence-corrected chi connectivity index (χ1v) is 30.8. The standard InChI is InChI=1S/C54H70Cl4N8O14S2/c1-63-29-45(43-25-39(55)27-49(57)47(43)31-63)37-5-3-7-41(23-37)81(73,74)61-11-17-79-21-19-77-15-9-59-51(67)33-65(35-53(69)70)13-14-66(36-54(71)72)34-52(68)60-10-16-78-20-22-80-18-12-62-82(75,76)42-8-4-6-38(24-42)46-30-64(2)32-48-44(46)26-40(56)28-50(48)58/h3-8,23-28,45-46,61-62H,9-22,29-36H2,1-2H3,(H,59,67)(H,60,68)(H,69,70)(H,71,72)/t45-,46-/m0/s1. The highest BCUT2D eigenvalue weighted by molar-refractivity contribution is 7.89. The Hall–Kier alpha value is -4.58. The van der Waals surface area contributed by atoms with Gasteiger partial charge in [0.05, 0.1) is 88.8 Å². The van der Waals surface area contributed by atoms with E-state index in [4.69, 9.17) is 65.4 Å². The lowest BCUT2D eigenvalue weighted by atomic mass is 9.85. The lowest BCUT2D eigenvalue weighted by Crippen LogP contribution is -2.47. The summed E-state index contributed by atoms with van der Waals surface area (Å²) in [4.78, 5) is 55.8. The molecule has 0 saturated carbocycles. The van der Waals surface area contributed by atoms with Crippen LogP contribution in [-0.4, -0.2) is 216 Å². The molecule has 0 aromatic heterocycles. The van der Waals surface area contributed by atoms with Gasteiger partial charge in [0.1, 0.15) is 0 Å². The van der Waals surface area contributed by atoms with Crippen molar-refractivity contribution in [2.45, 2.75) is 34.7 Å². The number of sulfonamides is 2. The van der Waals surface area contributed by atoms with Gasteiger partial charge in [0, 0.05) is 97.4 Å². The molecule has 2 atom stereocenters. The van der Waals surface area contributed by atoms with Gasteiger partial charge < -0.3 is 49.6 Å². The van der Waals surface area contributed by atoms with Gasteiger partial charge in [-0.3, -0.25) is 29.0 Å². The molecule has 2 aliphatic rings. The number of ether oxygens (including phenoxy) is 4. The van der Waals surface area contributed by atoms with Crippen LogP contribution in [0.4, 0.5) is 0 Å². The van der Waals surface area contributed by atoms with Crippen LogP contribution in [0, 0.1) is 0 Å². The number of halogens is 4. The topological polar surface area (TPSA) is 275 Å². The molecule has 450 valence electrons. The number of carboxylic acid groups (broad SMARTS) is 2. The average Bonchev–Trinajstić information content (AvgIpc) is 3.62. The summed E-state index contributed by atoms with van der Waals surface area (Å²) in [5, 5.41) is 26.4. The molecule has 0 saturated heterocycles. The van der Waals surface area contributed by atoms with Crippen LogP contribution >= 0.6 is 46.4 Å². The van der Waals surface area contributed by atoms with E-state index >= 15 is 0 Å². The van der Waals surface area contributed by atoms with Crippen LogP contribution in [0.3, 0.4) is 0 Å². The van der Waals surface area contributed by atoms with Crippen LogP contribution in [0.2, 0.25) is 20.1 Å². The first-order chi connectivity index (χ1) is 39.1. The van der Waals surface area contributed by atoms with Crippen molar-refractivity contribution < 1.29 is 65.2 Å². The highest BCUT2D eigenvalue weighted by Gasteiger charge is 2.30. The lowest BCUT2D eigenvalue weighted by molar-refractivity contribution is -0.141. The minimum Gasteiger partial charge on any atom is -0.480 e. The van der Waals surface area contributed by atoms with Gasteiger partial charge in [-0.05, 0) is 96.0 Å². The number of hydrogen-bond donors (Lipinski definition) is 6. The van der Waals surface area contributed by atoms with Crippen molar-refractivity contribution in [3.05, 3.63) is 126 Å². The first kappa shape index (κ1) is 66.6. The lowest BCUT2D eigenvalue weighted by Gasteiger charge is -2.33. The Labute approximate surface area is 498 Å². The number of carbonyl (C=O) groups is 4. The smallest absolute Gasteiger partial charge is 0.317 e. The van der Waals surface area contributed by atoms with Crippen LogP contribution in [0.1, 0.15) is 45.2 Å². The molecule has 0 unspecified atom stereocenters. The van der Waals surface area contributed by atoms with E-state index in [1.165, 1.54) is 21.9 Å². The SMILES string of the molecule is CN1Cc2c(Cl)cc(Cl)cc2[C@H](c2cccc(S(=O)(=O)NCCOCCOCCNC(=O)CN(CCN(CC(=O)O)CC(=O)NCCOCCOCCNS(=O)(=O)c3cccc([C@@H]4CN(C)Cc5c(Cl)cc(Cl)cc54)c3)CC(=O)O)c2)C1. The van der Waals surface area contributed by atoms with Crippen molar-refractivity contribution in [1.82, 2.24) is 39.7 Å². The molecule has 0 aliphatic carbocycles. The molecular formula is C54H70Cl4N8O14S2. The second-order valence-electron chi connectivity index (χ2n) is 19.7. The second-order valence-corrected chi connectivity index (χ2v) is 24.9. The molecule has 22 nitrogen and oxygen atoms in total. The Morgan fingerprint density at radius 2 is 0.902 bits per heavy atom. The number of hydrogen-bond acceptors (Lipinski definition) is 16. The minimum absolute atomic E-state index is 0.00833. The van der Waals surface area contributed by atoms with E-state index in [-0.39, 0.29) is 127 Å². The van der Waals surface area contributed by atoms with Gasteiger partial charge in [0.2, 0.25) is 31.9 Å². The van der Waals surface area contributed by atoms with E-state index in [9.17, 15) is 46.2 Å². The molecular weight excluding hydrogens is 1190 g/mol. The summed E-state index contributed by atoms with van der Waals surface area (Å²) in [5.41, 5.74) is 5.47. The van der Waals surface area contributed by atoms with Crippen molar-refractivity contribution in [2.75, 3.05) is 145 Å². The van der Waals surface area contributed by atoms with Crippen LogP contribution in [-0.2, 0) is 71.3 Å². The molecule has 2 aliphatic heterocycles. The third-order valence-corrected chi connectivity index (χ3v) is 17.3. The van der Waals surface area contributed by atoms with Crippen LogP contribution in [0.15, 0.2) is 82.6 Å². The molecule has 0 radical (unpaired) electrons. The fourth-order valence-electron chi connectivity index (χ4n) is 9.50. The maximum absolute atomic E-state index is 13.2. The number of rotatable bonds is 35. The summed E-state index contributed by atoms with van der Waals surface area (Å²) in [6, 6.07) is 20.7. The highest BCUT2D eigenvalue weighted by atomic mass is 35.5. The Bertz CT molecular complexity index is 2860. The largest absolute Gasteiger partial charge is 0.480 e. The van der Waals surface area contributed by atoms with Crippen LogP contribution in [0.25, 0.3) is 0 Å². The molecule has 0 bridgehead atoms. The number of nitrogens with one attached hydrogen (secondary N) is 4. The second kappa shape index (κ2) is 32.6. The maximum Gasteiger partial charge on any atom is 0.317 e. The maximum atomic E-state index is 13.2. The predicted octanol–water partition coefficient (Wildman–Crippen LogP) is 3.78. The Balaban J connectivity index is 0.799. The van der Waals surface area contributed by atoms with Gasteiger partial charge in [-0.15, -0.1) is 0 Å². The summed E-state index contributed by atoms with van der Waals surface area (Å²) in [6.45, 7) is 1.93. The van der Waals surface area contributed by atoms with Crippen molar-refractivity contribution >= 4 is 90.2 Å². The number of benzene rings is 4. The van der Waals surface area contributed by atoms with Gasteiger partial charge >= 0.3 is 11.9 Å². The van der Waals surface area contributed by atoms with E-state index in [1.807, 2.05) is 38.4 Å². The van der Waals surface area contributed by atoms with Gasteiger partial charge in [0.25, 0.3) is 0 Å². The summed E-state index contributed by atoms with van der Waals surface area (Å²) in [7, 11) is -3.78. The summed E-state index contributed by atoms with van der Waals surface area (Å²) in [6.07, 6.45) is 0. The number of nitrogens with zero attached hydrogens (tertiary/aromatic N) is 4. The molecule has 6 N–H and O–H groups in total. The number of amides is 2. The molecule has 4 aromatic rings. The zero-order valence-electron chi connectivity index (χ0n) is 45.5. The zero-order valence-corrected chi connectivity index (χ0v) is 50.2. The van der Waals surface area contributed by atoms with Crippen molar-refractivity contribution in [1.29, 1.82) is 0 Å². The van der Waals surface area contributed by atoms with Crippen molar-refractivity contribution in [3.63, 3.8) is 0 Å². The molecule has 2 heterocycles. The van der Waals surface area contributed by atoms with Gasteiger partial charge in [-0.2, -0.15) is 0 Å². The van der Waals surface area contributed by atoms with E-state index in [0.717, 1.165) is 33.4 Å². The third-order valence-electron chi connectivity index (χ3n) is 13.3. The quantitative estimate of drug-likeness (QED) is 0.0358. The number of fused-ring (bicyclic) bond motifs is 2. The molecule has 28 heteroatoms. The van der Waals surface area contributed by atoms with E-state index in [1.54, 1.807) is 36.4 Å². The minimum atomic E-state index is -3.86. The molecule has 6 rings (SSSR count). The Morgan fingerprint density at radius 1 is 0.537 bits per heavy atom. The summed E-state index contributed by atoms with van der Waals surface area (Å²) >= 11 is 25.7. The molecule has 2 amide bonds. The number of carboxylic acids is 2. The average molecular weight is 1260 g/mol. The molecule has 4 aromatic carbocycles. The van der Waals surface area contributed by atoms with Crippen LogP contribution in [0.5, 0.6) is 0 Å². The van der Waals surface area contributed by atoms with Crippen molar-refractivity contribution in [3.8, 4) is 0 Å². The Morgan fingerprint density at radius 3 is 1.27 bits per heavy atom. The highest BCUT2D eigenvalue weighted by Crippen LogP contribution is 2.40. The zero-order chi connectivity index (χ0) is 59.4. The van der Waals surface area contributed by atoms with Gasteiger partial charge in [0.15, 0.2) is 0 Å². The summed E-state index contributed by atoms with van der Waals surface area (Å²) in [5.74, 6) is -3.72. The number of carbonyl (C=O) groups excluding carboxylic acids is 2. The third kappa shape index (κ3) is 21.2. The van der Waals surface area contributed by atoms with Crippen LogP contribution < -0.4 is 20.1 Å². The van der Waals surface area contributed by atoms with Gasteiger partial charge in [-0.1, -0.05) is 70.7 Å². The molecule has 82 heavy (non-hydrogen) atoms. The fraction of sp³-hybridized carbons (Fsp3) is 0.481. The number of aliphatic carboxylic acids is 2. The molecule has 0 fully saturated rings. The monoisotopic (exact) mass is 1260 g/mol. The van der Waals surface area contributed by atoms with E-state index in [2.05, 4.69) is 29.9 Å². The number of likely N-dealkylation sites (N-methyl/N-ethyl adjacent to an activating group) is 2.